The molecule has 1 aromatic heterocycles. The number of benzene rings is 1. The van der Waals surface area contributed by atoms with E-state index in [2.05, 4.69) is 39.6 Å². The van der Waals surface area contributed by atoms with Gasteiger partial charge in [-0.25, -0.2) is 0 Å². The third-order valence-electron chi connectivity index (χ3n) is 3.56. The zero-order chi connectivity index (χ0) is 18.8. The molecule has 2 aromatic rings. The first-order valence-corrected chi connectivity index (χ1v) is 9.07. The van der Waals surface area contributed by atoms with Gasteiger partial charge in [0.25, 0.3) is 0 Å². The van der Waals surface area contributed by atoms with Gasteiger partial charge in [0.15, 0.2) is 5.96 Å². The van der Waals surface area contributed by atoms with Crippen molar-refractivity contribution in [3.8, 4) is 11.4 Å². The number of aliphatic imine (C=N–C) groups is 1. The van der Waals surface area contributed by atoms with Gasteiger partial charge in [0.1, 0.15) is 0 Å². The number of hydrogen-bond donors (Lipinski definition) is 2. The molecule has 0 aliphatic carbocycles. The minimum Gasteiger partial charge on any atom is -0.380 e. The van der Waals surface area contributed by atoms with Crippen LogP contribution in [0.3, 0.4) is 0 Å². The Morgan fingerprint density at radius 2 is 2.15 bits per heavy atom. The number of aromatic nitrogens is 2. The third-order valence-corrected chi connectivity index (χ3v) is 3.80. The minimum atomic E-state index is 0.376. The number of hydrogen-bond acceptors (Lipinski definition) is 5. The van der Waals surface area contributed by atoms with Crippen LogP contribution in [0.4, 0.5) is 0 Å². The maximum Gasteiger partial charge on any atom is 0.246 e. The van der Waals surface area contributed by atoms with E-state index in [0.29, 0.717) is 48.3 Å². The van der Waals surface area contributed by atoms with E-state index in [1.165, 1.54) is 0 Å². The highest BCUT2D eigenvalue weighted by atomic mass is 35.5. The maximum absolute atomic E-state index is 5.99. The van der Waals surface area contributed by atoms with Crippen molar-refractivity contribution in [1.82, 2.24) is 20.8 Å². The smallest absolute Gasteiger partial charge is 0.246 e. The second kappa shape index (κ2) is 10.8. The van der Waals surface area contributed by atoms with E-state index in [4.69, 9.17) is 20.9 Å². The predicted octanol–water partition coefficient (Wildman–Crippen LogP) is 3.12. The summed E-state index contributed by atoms with van der Waals surface area (Å²) in [6.45, 7) is 6.83. The Hall–Kier alpha value is -2.12. The molecular weight excluding hydrogens is 354 g/mol. The number of ether oxygens (including phenoxy) is 1. The van der Waals surface area contributed by atoms with Gasteiger partial charge in [-0.05, 0) is 24.5 Å². The first-order chi connectivity index (χ1) is 12.6. The normalized spacial score (nSPS) is 11.8. The predicted molar refractivity (Wildman–Crippen MR) is 103 cm³/mol. The fourth-order valence-corrected chi connectivity index (χ4v) is 2.30. The molecule has 0 bridgehead atoms. The van der Waals surface area contributed by atoms with Crippen molar-refractivity contribution in [1.29, 1.82) is 0 Å². The molecule has 0 amide bonds. The highest BCUT2D eigenvalue weighted by Crippen LogP contribution is 2.19. The molecule has 0 saturated carbocycles. The van der Waals surface area contributed by atoms with E-state index >= 15 is 0 Å². The van der Waals surface area contributed by atoms with Crippen LogP contribution in [0.1, 0.15) is 26.2 Å². The molecule has 8 heteroatoms. The lowest BCUT2D eigenvalue weighted by Gasteiger charge is -2.11. The average Bonchev–Trinajstić information content (AvgIpc) is 3.09. The van der Waals surface area contributed by atoms with Gasteiger partial charge in [-0.1, -0.05) is 42.7 Å². The summed E-state index contributed by atoms with van der Waals surface area (Å²) in [5.74, 6) is 2.28. The van der Waals surface area contributed by atoms with Crippen molar-refractivity contribution in [2.24, 2.45) is 10.9 Å². The van der Waals surface area contributed by atoms with Crippen molar-refractivity contribution in [2.75, 3.05) is 26.8 Å². The Morgan fingerprint density at radius 1 is 1.31 bits per heavy atom. The lowest BCUT2D eigenvalue weighted by Crippen LogP contribution is -2.38. The first-order valence-electron chi connectivity index (χ1n) is 8.69. The molecule has 0 aliphatic rings. The van der Waals surface area contributed by atoms with Crippen molar-refractivity contribution in [3.05, 3.63) is 35.2 Å². The summed E-state index contributed by atoms with van der Waals surface area (Å²) in [5.41, 5.74) is 0.813. The molecule has 26 heavy (non-hydrogen) atoms. The van der Waals surface area contributed by atoms with Crippen LogP contribution < -0.4 is 10.6 Å². The number of rotatable bonds is 9. The summed E-state index contributed by atoms with van der Waals surface area (Å²) < 4.78 is 10.8. The molecular formula is C18H26ClN5O2. The van der Waals surface area contributed by atoms with Gasteiger partial charge < -0.3 is 19.9 Å². The van der Waals surface area contributed by atoms with Gasteiger partial charge in [-0.15, -0.1) is 0 Å². The van der Waals surface area contributed by atoms with Crippen LogP contribution >= 0.6 is 11.6 Å². The third kappa shape index (κ3) is 7.01. The Kier molecular flexibility index (Phi) is 8.37. The minimum absolute atomic E-state index is 0.376. The van der Waals surface area contributed by atoms with E-state index in [1.54, 1.807) is 19.2 Å². The summed E-state index contributed by atoms with van der Waals surface area (Å²) in [4.78, 5) is 8.52. The Labute approximate surface area is 159 Å². The second-order valence-corrected chi connectivity index (χ2v) is 6.61. The quantitative estimate of drug-likeness (QED) is 0.395. The molecule has 0 spiro atoms. The van der Waals surface area contributed by atoms with Gasteiger partial charge in [0.2, 0.25) is 11.7 Å². The van der Waals surface area contributed by atoms with Crippen LogP contribution in [0, 0.1) is 5.92 Å². The van der Waals surface area contributed by atoms with E-state index in [-0.39, 0.29) is 0 Å². The molecule has 2 rings (SSSR count). The number of guanidine groups is 1. The number of nitrogens with one attached hydrogen (secondary N) is 2. The summed E-state index contributed by atoms with van der Waals surface area (Å²) in [5, 5.41) is 10.9. The SMILES string of the molecule is CN=C(NCCOCCC(C)C)NCc1nc(-c2cccc(Cl)c2)no1. The summed E-state index contributed by atoms with van der Waals surface area (Å²) in [6.07, 6.45) is 1.07. The Morgan fingerprint density at radius 3 is 2.88 bits per heavy atom. The van der Waals surface area contributed by atoms with E-state index < -0.39 is 0 Å². The van der Waals surface area contributed by atoms with Crippen LogP contribution in [0.15, 0.2) is 33.8 Å². The molecule has 1 heterocycles. The molecule has 0 fully saturated rings. The zero-order valence-electron chi connectivity index (χ0n) is 15.5. The second-order valence-electron chi connectivity index (χ2n) is 6.17. The largest absolute Gasteiger partial charge is 0.380 e. The molecule has 0 radical (unpaired) electrons. The topological polar surface area (TPSA) is 84.6 Å². The van der Waals surface area contributed by atoms with Crippen LogP contribution in [-0.2, 0) is 11.3 Å². The first kappa shape index (κ1) is 20.2. The van der Waals surface area contributed by atoms with Crippen LogP contribution in [0.25, 0.3) is 11.4 Å². The molecule has 0 aliphatic heterocycles. The van der Waals surface area contributed by atoms with Gasteiger partial charge >= 0.3 is 0 Å². The molecule has 7 nitrogen and oxygen atoms in total. The van der Waals surface area contributed by atoms with Gasteiger partial charge in [-0.2, -0.15) is 4.98 Å². The number of nitrogens with zero attached hydrogens (tertiary/aromatic N) is 3. The number of halogens is 1. The van der Waals surface area contributed by atoms with Crippen LogP contribution in [0.2, 0.25) is 5.02 Å². The lowest BCUT2D eigenvalue weighted by atomic mass is 10.1. The monoisotopic (exact) mass is 379 g/mol. The summed E-state index contributed by atoms with van der Waals surface area (Å²) in [7, 11) is 1.71. The van der Waals surface area contributed by atoms with E-state index in [0.717, 1.165) is 18.6 Å². The molecule has 142 valence electrons. The molecule has 0 atom stereocenters. The average molecular weight is 380 g/mol. The van der Waals surface area contributed by atoms with Crippen LogP contribution in [-0.4, -0.2) is 42.9 Å². The highest BCUT2D eigenvalue weighted by molar-refractivity contribution is 6.30. The molecule has 1 aromatic carbocycles. The Balaban J connectivity index is 1.73. The van der Waals surface area contributed by atoms with E-state index in [9.17, 15) is 0 Å². The van der Waals surface area contributed by atoms with Crippen LogP contribution in [0.5, 0.6) is 0 Å². The summed E-state index contributed by atoms with van der Waals surface area (Å²) >= 11 is 5.99. The van der Waals surface area contributed by atoms with Gasteiger partial charge in [0, 0.05) is 30.8 Å². The van der Waals surface area contributed by atoms with Crippen molar-refractivity contribution in [3.63, 3.8) is 0 Å². The molecule has 0 saturated heterocycles. The lowest BCUT2D eigenvalue weighted by molar-refractivity contribution is 0.128. The van der Waals surface area contributed by atoms with Crippen molar-refractivity contribution in [2.45, 2.75) is 26.8 Å². The molecule has 0 unspecified atom stereocenters. The fraction of sp³-hybridized carbons (Fsp3) is 0.500. The maximum atomic E-state index is 5.99. The fourth-order valence-electron chi connectivity index (χ4n) is 2.11. The highest BCUT2D eigenvalue weighted by Gasteiger charge is 2.09. The zero-order valence-corrected chi connectivity index (χ0v) is 16.2. The van der Waals surface area contributed by atoms with E-state index in [1.807, 2.05) is 12.1 Å². The Bertz CT molecular complexity index is 702. The summed E-state index contributed by atoms with van der Waals surface area (Å²) in [6, 6.07) is 7.33. The molecule has 2 N–H and O–H groups in total. The van der Waals surface area contributed by atoms with Gasteiger partial charge in [-0.3, -0.25) is 4.99 Å². The standard InChI is InChI=1S/C18H26ClN5O2/c1-13(2)7-9-25-10-8-21-18(20-3)22-12-16-23-17(24-26-16)14-5-4-6-15(19)11-14/h4-6,11,13H,7-10,12H2,1-3H3,(H2,20,21,22). The van der Waals surface area contributed by atoms with Crippen molar-refractivity contribution >= 4 is 17.6 Å². The van der Waals surface area contributed by atoms with Crippen molar-refractivity contribution < 1.29 is 9.26 Å². The van der Waals surface area contributed by atoms with Gasteiger partial charge in [0.05, 0.1) is 13.2 Å².